The van der Waals surface area contributed by atoms with Crippen molar-refractivity contribution in [3.8, 4) is 17.4 Å². The van der Waals surface area contributed by atoms with E-state index < -0.39 is 0 Å². The number of furan rings is 1. The second-order valence-corrected chi connectivity index (χ2v) is 6.42. The lowest BCUT2D eigenvalue weighted by Crippen LogP contribution is -1.84. The van der Waals surface area contributed by atoms with Gasteiger partial charge in [-0.2, -0.15) is 5.26 Å². The molecule has 0 aliphatic rings. The summed E-state index contributed by atoms with van der Waals surface area (Å²) in [6, 6.07) is 19.2. The summed E-state index contributed by atoms with van der Waals surface area (Å²) < 4.78 is 5.84. The summed E-state index contributed by atoms with van der Waals surface area (Å²) in [5.41, 5.74) is 4.20. The SMILES string of the molecule is Cc1ccc2nc(/C(C#N)=C\c3ccc(-c4ccc(Cl)cc4)o3)[nH]c2c1. The van der Waals surface area contributed by atoms with Crippen LogP contribution in [0.25, 0.3) is 34.0 Å². The van der Waals surface area contributed by atoms with Gasteiger partial charge in [-0.1, -0.05) is 17.7 Å². The van der Waals surface area contributed by atoms with Crippen LogP contribution in [-0.4, -0.2) is 9.97 Å². The Hall–Kier alpha value is -3.29. The third-order valence-corrected chi connectivity index (χ3v) is 4.31. The molecule has 1 N–H and O–H groups in total. The molecule has 2 aromatic heterocycles. The van der Waals surface area contributed by atoms with Crippen LogP contribution in [0.1, 0.15) is 17.1 Å². The highest BCUT2D eigenvalue weighted by Crippen LogP contribution is 2.26. The summed E-state index contributed by atoms with van der Waals surface area (Å²) in [7, 11) is 0. The van der Waals surface area contributed by atoms with Gasteiger partial charge in [-0.15, -0.1) is 0 Å². The molecule has 0 spiro atoms. The number of hydrogen-bond acceptors (Lipinski definition) is 3. The second-order valence-electron chi connectivity index (χ2n) is 5.98. The topological polar surface area (TPSA) is 65.6 Å². The molecule has 0 fully saturated rings. The first-order valence-electron chi connectivity index (χ1n) is 8.07. The minimum atomic E-state index is 0.413. The number of rotatable bonds is 3. The van der Waals surface area contributed by atoms with E-state index in [0.29, 0.717) is 27.9 Å². The van der Waals surface area contributed by atoms with E-state index in [9.17, 15) is 5.26 Å². The number of hydrogen-bond donors (Lipinski definition) is 1. The zero-order valence-electron chi connectivity index (χ0n) is 14.0. The molecule has 4 aromatic rings. The zero-order chi connectivity index (χ0) is 18.1. The Morgan fingerprint density at radius 2 is 1.96 bits per heavy atom. The van der Waals surface area contributed by atoms with Gasteiger partial charge in [-0.3, -0.25) is 0 Å². The maximum atomic E-state index is 9.54. The molecule has 0 amide bonds. The fraction of sp³-hybridized carbons (Fsp3) is 0.0476. The van der Waals surface area contributed by atoms with Gasteiger partial charge in [-0.05, 0) is 61.0 Å². The molecule has 0 radical (unpaired) electrons. The second kappa shape index (κ2) is 6.55. The summed E-state index contributed by atoms with van der Waals surface area (Å²) in [5.74, 6) is 1.83. The summed E-state index contributed by atoms with van der Waals surface area (Å²) >= 11 is 5.92. The first-order valence-corrected chi connectivity index (χ1v) is 8.44. The highest BCUT2D eigenvalue weighted by atomic mass is 35.5. The number of fused-ring (bicyclic) bond motifs is 1. The molecule has 0 atom stereocenters. The van der Waals surface area contributed by atoms with Crippen molar-refractivity contribution >= 4 is 34.3 Å². The van der Waals surface area contributed by atoms with E-state index in [0.717, 1.165) is 22.2 Å². The summed E-state index contributed by atoms with van der Waals surface area (Å²) in [4.78, 5) is 7.69. The van der Waals surface area contributed by atoms with E-state index >= 15 is 0 Å². The molecule has 26 heavy (non-hydrogen) atoms. The Morgan fingerprint density at radius 1 is 1.15 bits per heavy atom. The molecule has 0 aliphatic carbocycles. The third kappa shape index (κ3) is 3.13. The van der Waals surface area contributed by atoms with Crippen molar-refractivity contribution in [2.45, 2.75) is 6.92 Å². The van der Waals surface area contributed by atoms with Gasteiger partial charge < -0.3 is 9.40 Å². The molecule has 0 saturated carbocycles. The van der Waals surface area contributed by atoms with E-state index in [2.05, 4.69) is 16.0 Å². The van der Waals surface area contributed by atoms with E-state index in [-0.39, 0.29) is 0 Å². The lowest BCUT2D eigenvalue weighted by Gasteiger charge is -1.97. The number of benzene rings is 2. The summed E-state index contributed by atoms with van der Waals surface area (Å²) in [6.07, 6.45) is 1.68. The number of allylic oxidation sites excluding steroid dienone is 1. The fourth-order valence-corrected chi connectivity index (χ4v) is 2.87. The summed E-state index contributed by atoms with van der Waals surface area (Å²) in [6.45, 7) is 2.02. The monoisotopic (exact) mass is 359 g/mol. The average molecular weight is 360 g/mol. The first-order chi connectivity index (χ1) is 12.6. The summed E-state index contributed by atoms with van der Waals surface area (Å²) in [5, 5.41) is 10.2. The zero-order valence-corrected chi connectivity index (χ0v) is 14.7. The van der Waals surface area contributed by atoms with Crippen molar-refractivity contribution in [1.29, 1.82) is 5.26 Å². The van der Waals surface area contributed by atoms with Crippen molar-refractivity contribution in [1.82, 2.24) is 9.97 Å². The van der Waals surface area contributed by atoms with Crippen molar-refractivity contribution < 1.29 is 4.42 Å². The lowest BCUT2D eigenvalue weighted by atomic mass is 10.2. The number of imidazole rings is 1. The predicted octanol–water partition coefficient (Wildman–Crippen LogP) is 5.85. The van der Waals surface area contributed by atoms with E-state index in [4.69, 9.17) is 16.0 Å². The van der Waals surface area contributed by atoms with Gasteiger partial charge in [-0.25, -0.2) is 4.98 Å². The number of aromatic nitrogens is 2. The van der Waals surface area contributed by atoms with Crippen LogP contribution in [-0.2, 0) is 0 Å². The minimum absolute atomic E-state index is 0.413. The lowest BCUT2D eigenvalue weighted by molar-refractivity contribution is 0.572. The van der Waals surface area contributed by atoms with Crippen LogP contribution in [0.15, 0.2) is 59.0 Å². The highest BCUT2D eigenvalue weighted by Gasteiger charge is 2.10. The van der Waals surface area contributed by atoms with Crippen LogP contribution in [0.5, 0.6) is 0 Å². The van der Waals surface area contributed by atoms with Crippen LogP contribution < -0.4 is 0 Å². The quantitative estimate of drug-likeness (QED) is 0.466. The maximum Gasteiger partial charge on any atom is 0.149 e. The Morgan fingerprint density at radius 3 is 2.73 bits per heavy atom. The van der Waals surface area contributed by atoms with Crippen LogP contribution in [0.3, 0.4) is 0 Å². The number of nitrogens with zero attached hydrogens (tertiary/aromatic N) is 2. The first kappa shape index (κ1) is 16.2. The normalized spacial score (nSPS) is 11.7. The van der Waals surface area contributed by atoms with Crippen LogP contribution >= 0.6 is 11.6 Å². The molecule has 0 bridgehead atoms. The Balaban J connectivity index is 1.69. The van der Waals surface area contributed by atoms with Crippen molar-refractivity contribution in [2.24, 2.45) is 0 Å². The van der Waals surface area contributed by atoms with Crippen molar-refractivity contribution in [3.05, 3.63) is 76.8 Å². The van der Waals surface area contributed by atoms with Crippen LogP contribution in [0.2, 0.25) is 5.02 Å². The molecular weight excluding hydrogens is 346 g/mol. The molecule has 0 aliphatic heterocycles. The van der Waals surface area contributed by atoms with E-state index in [1.165, 1.54) is 0 Å². The molecule has 2 aromatic carbocycles. The van der Waals surface area contributed by atoms with Crippen molar-refractivity contribution in [2.75, 3.05) is 0 Å². The number of H-pyrrole nitrogens is 1. The van der Waals surface area contributed by atoms with Crippen molar-refractivity contribution in [3.63, 3.8) is 0 Å². The number of nitrogens with one attached hydrogen (secondary N) is 1. The van der Waals surface area contributed by atoms with Gasteiger partial charge in [0.15, 0.2) is 0 Å². The molecule has 2 heterocycles. The molecular formula is C21H14ClN3O. The van der Waals surface area contributed by atoms with Crippen LogP contribution in [0.4, 0.5) is 0 Å². The average Bonchev–Trinajstić information content (AvgIpc) is 3.26. The number of nitriles is 1. The maximum absolute atomic E-state index is 9.54. The fourth-order valence-electron chi connectivity index (χ4n) is 2.75. The van der Waals surface area contributed by atoms with Gasteiger partial charge in [0.05, 0.1) is 16.6 Å². The molecule has 4 nitrogen and oxygen atoms in total. The minimum Gasteiger partial charge on any atom is -0.457 e. The largest absolute Gasteiger partial charge is 0.457 e. The van der Waals surface area contributed by atoms with E-state index in [1.807, 2.05) is 61.5 Å². The third-order valence-electron chi connectivity index (χ3n) is 4.06. The van der Waals surface area contributed by atoms with E-state index in [1.54, 1.807) is 6.08 Å². The number of aryl methyl sites for hydroxylation is 1. The Bertz CT molecular complexity index is 1160. The molecule has 0 unspecified atom stereocenters. The van der Waals surface area contributed by atoms with Gasteiger partial charge >= 0.3 is 0 Å². The molecule has 4 rings (SSSR count). The van der Waals surface area contributed by atoms with Gasteiger partial charge in [0.2, 0.25) is 0 Å². The van der Waals surface area contributed by atoms with Gasteiger partial charge in [0.25, 0.3) is 0 Å². The number of halogens is 1. The predicted molar refractivity (Wildman–Crippen MR) is 103 cm³/mol. The molecule has 0 saturated heterocycles. The standard InChI is InChI=1S/C21H14ClN3O/c1-13-2-8-18-19(10-13)25-21(24-18)15(12-23)11-17-7-9-20(26-17)14-3-5-16(22)6-4-14/h2-11H,1H3,(H,24,25)/b15-11-. The molecule has 126 valence electrons. The Kier molecular flexibility index (Phi) is 4.08. The highest BCUT2D eigenvalue weighted by molar-refractivity contribution is 6.30. The number of aromatic amines is 1. The van der Waals surface area contributed by atoms with Gasteiger partial charge in [0.1, 0.15) is 23.4 Å². The Labute approximate surface area is 155 Å². The van der Waals surface area contributed by atoms with Crippen LogP contribution in [0, 0.1) is 18.3 Å². The van der Waals surface area contributed by atoms with Gasteiger partial charge in [0, 0.05) is 16.7 Å². The molecule has 5 heteroatoms. The smallest absolute Gasteiger partial charge is 0.149 e.